The Morgan fingerprint density at radius 1 is 1.65 bits per heavy atom. The number of pyridine rings is 1. The van der Waals surface area contributed by atoms with Crippen LogP contribution in [0.5, 0.6) is 0 Å². The van der Waals surface area contributed by atoms with E-state index in [9.17, 15) is 14.9 Å². The minimum Gasteiger partial charge on any atom is -0.480 e. The predicted molar refractivity (Wildman–Crippen MR) is 75.1 cm³/mol. The van der Waals surface area contributed by atoms with Crippen LogP contribution >= 0.6 is 15.9 Å². The molecule has 0 aliphatic carbocycles. The fourth-order valence-electron chi connectivity index (χ4n) is 1.59. The minimum atomic E-state index is -1.02. The SMILES string of the molecule is COCCN(CC(=O)O)c1ncc([N+](=O)[O-])c(C)c1Br. The summed E-state index contributed by atoms with van der Waals surface area (Å²) >= 11 is 3.24. The number of carboxylic acids is 1. The van der Waals surface area contributed by atoms with Gasteiger partial charge in [0.25, 0.3) is 5.69 Å². The molecule has 1 rings (SSSR count). The van der Waals surface area contributed by atoms with Crippen LogP contribution < -0.4 is 4.90 Å². The lowest BCUT2D eigenvalue weighted by atomic mass is 10.2. The second-order valence-electron chi connectivity index (χ2n) is 3.97. The number of rotatable bonds is 7. The van der Waals surface area contributed by atoms with Crippen molar-refractivity contribution in [3.63, 3.8) is 0 Å². The minimum absolute atomic E-state index is 0.123. The summed E-state index contributed by atoms with van der Waals surface area (Å²) in [7, 11) is 1.50. The van der Waals surface area contributed by atoms with Gasteiger partial charge in [-0.25, -0.2) is 4.98 Å². The molecule has 0 aliphatic heterocycles. The highest BCUT2D eigenvalue weighted by Crippen LogP contribution is 2.32. The summed E-state index contributed by atoms with van der Waals surface area (Å²) < 4.78 is 5.33. The molecular formula is C11H14BrN3O5. The van der Waals surface area contributed by atoms with Gasteiger partial charge in [0.2, 0.25) is 0 Å². The molecule has 0 saturated heterocycles. The Morgan fingerprint density at radius 3 is 2.80 bits per heavy atom. The van der Waals surface area contributed by atoms with E-state index in [0.717, 1.165) is 6.20 Å². The third kappa shape index (κ3) is 3.87. The zero-order valence-electron chi connectivity index (χ0n) is 11.0. The van der Waals surface area contributed by atoms with Crippen molar-refractivity contribution in [2.75, 3.05) is 31.7 Å². The van der Waals surface area contributed by atoms with Crippen LogP contribution in [0.25, 0.3) is 0 Å². The Balaban J connectivity index is 3.16. The second-order valence-corrected chi connectivity index (χ2v) is 4.76. The number of ether oxygens (including phenoxy) is 1. The normalized spacial score (nSPS) is 10.3. The summed E-state index contributed by atoms with van der Waals surface area (Å²) in [5.74, 6) is -0.682. The number of carbonyl (C=O) groups is 1. The number of halogens is 1. The quantitative estimate of drug-likeness (QED) is 0.589. The second kappa shape index (κ2) is 7.15. The van der Waals surface area contributed by atoms with E-state index >= 15 is 0 Å². The van der Waals surface area contributed by atoms with Crippen molar-refractivity contribution in [3.8, 4) is 0 Å². The van der Waals surface area contributed by atoms with Gasteiger partial charge in [-0.1, -0.05) is 0 Å². The number of hydrogen-bond donors (Lipinski definition) is 1. The zero-order chi connectivity index (χ0) is 15.3. The smallest absolute Gasteiger partial charge is 0.323 e. The van der Waals surface area contributed by atoms with Gasteiger partial charge in [0.1, 0.15) is 18.6 Å². The zero-order valence-corrected chi connectivity index (χ0v) is 12.6. The molecule has 110 valence electrons. The average Bonchev–Trinajstić information content (AvgIpc) is 2.37. The van der Waals surface area contributed by atoms with E-state index < -0.39 is 10.9 Å². The lowest BCUT2D eigenvalue weighted by molar-refractivity contribution is -0.385. The molecule has 0 unspecified atom stereocenters. The van der Waals surface area contributed by atoms with Crippen LogP contribution in [0.1, 0.15) is 5.56 Å². The van der Waals surface area contributed by atoms with E-state index in [1.165, 1.54) is 12.0 Å². The molecule has 0 amide bonds. The van der Waals surface area contributed by atoms with Crippen molar-refractivity contribution in [1.29, 1.82) is 0 Å². The topological polar surface area (TPSA) is 106 Å². The van der Waals surface area contributed by atoms with Gasteiger partial charge in [0.15, 0.2) is 0 Å². The van der Waals surface area contributed by atoms with E-state index in [1.807, 2.05) is 0 Å². The molecule has 20 heavy (non-hydrogen) atoms. The molecular weight excluding hydrogens is 334 g/mol. The van der Waals surface area contributed by atoms with Crippen LogP contribution in [0.4, 0.5) is 11.5 Å². The van der Waals surface area contributed by atoms with Crippen LogP contribution in [0.2, 0.25) is 0 Å². The summed E-state index contributed by atoms with van der Waals surface area (Å²) in [4.78, 5) is 26.6. The molecule has 1 aromatic heterocycles. The van der Waals surface area contributed by atoms with Crippen LogP contribution in [0, 0.1) is 17.0 Å². The Labute approximate surface area is 123 Å². The number of nitro groups is 1. The van der Waals surface area contributed by atoms with E-state index in [4.69, 9.17) is 9.84 Å². The Bertz CT molecular complexity index is 523. The van der Waals surface area contributed by atoms with Gasteiger partial charge in [-0.05, 0) is 22.9 Å². The highest BCUT2D eigenvalue weighted by atomic mass is 79.9. The molecule has 1 N–H and O–H groups in total. The Hall–Kier alpha value is -1.74. The lowest BCUT2D eigenvalue weighted by Gasteiger charge is -2.22. The highest BCUT2D eigenvalue weighted by molar-refractivity contribution is 9.10. The third-order valence-corrected chi connectivity index (χ3v) is 3.56. The van der Waals surface area contributed by atoms with E-state index in [1.54, 1.807) is 6.92 Å². The molecule has 0 bridgehead atoms. The van der Waals surface area contributed by atoms with Gasteiger partial charge in [-0.3, -0.25) is 14.9 Å². The molecule has 0 fully saturated rings. The highest BCUT2D eigenvalue weighted by Gasteiger charge is 2.21. The molecule has 0 spiro atoms. The van der Waals surface area contributed by atoms with Crippen LogP contribution in [-0.4, -0.2) is 47.8 Å². The molecule has 1 aromatic rings. The first-order chi connectivity index (χ1) is 9.38. The number of hydrogen-bond acceptors (Lipinski definition) is 6. The van der Waals surface area contributed by atoms with Crippen molar-refractivity contribution in [1.82, 2.24) is 4.98 Å². The molecule has 1 heterocycles. The van der Waals surface area contributed by atoms with Gasteiger partial charge < -0.3 is 14.7 Å². The molecule has 9 heteroatoms. The standard InChI is InChI=1S/C11H14BrN3O5/c1-7-8(15(18)19)5-13-11(10(7)12)14(3-4-20-2)6-9(16)17/h5H,3-4,6H2,1-2H3,(H,16,17). The maximum Gasteiger partial charge on any atom is 0.323 e. The van der Waals surface area contributed by atoms with Crippen LogP contribution in [0.15, 0.2) is 10.7 Å². The van der Waals surface area contributed by atoms with Crippen LogP contribution in [0.3, 0.4) is 0 Å². The Kier molecular flexibility index (Phi) is 5.83. The van der Waals surface area contributed by atoms with E-state index in [0.29, 0.717) is 29.0 Å². The fraction of sp³-hybridized carbons (Fsp3) is 0.455. The van der Waals surface area contributed by atoms with Gasteiger partial charge in [-0.15, -0.1) is 0 Å². The number of anilines is 1. The fourth-order valence-corrected chi connectivity index (χ4v) is 2.14. The largest absolute Gasteiger partial charge is 0.480 e. The van der Waals surface area contributed by atoms with Gasteiger partial charge in [-0.2, -0.15) is 0 Å². The van der Waals surface area contributed by atoms with Gasteiger partial charge >= 0.3 is 5.97 Å². The molecule has 0 saturated carbocycles. The average molecular weight is 348 g/mol. The first-order valence-electron chi connectivity index (χ1n) is 5.63. The molecule has 0 aromatic carbocycles. The summed E-state index contributed by atoms with van der Waals surface area (Å²) in [6.45, 7) is 1.93. The summed E-state index contributed by atoms with van der Waals surface area (Å²) in [6.07, 6.45) is 1.12. The maximum atomic E-state index is 10.9. The van der Waals surface area contributed by atoms with Crippen molar-refractivity contribution in [2.24, 2.45) is 0 Å². The molecule has 0 radical (unpaired) electrons. The van der Waals surface area contributed by atoms with E-state index in [2.05, 4.69) is 20.9 Å². The summed E-state index contributed by atoms with van der Waals surface area (Å²) in [5.41, 5.74) is 0.274. The summed E-state index contributed by atoms with van der Waals surface area (Å²) in [6, 6.07) is 0. The third-order valence-electron chi connectivity index (χ3n) is 2.61. The van der Waals surface area contributed by atoms with Gasteiger partial charge in [0, 0.05) is 19.2 Å². The van der Waals surface area contributed by atoms with Crippen molar-refractivity contribution >= 4 is 33.4 Å². The maximum absolute atomic E-state index is 10.9. The first kappa shape index (κ1) is 16.3. The number of methoxy groups -OCH3 is 1. The van der Waals surface area contributed by atoms with Crippen molar-refractivity contribution in [2.45, 2.75) is 6.92 Å². The predicted octanol–water partition coefficient (Wildman–Crippen LogP) is 1.60. The van der Waals surface area contributed by atoms with E-state index in [-0.39, 0.29) is 12.2 Å². The van der Waals surface area contributed by atoms with Gasteiger partial charge in [0.05, 0.1) is 16.0 Å². The summed E-state index contributed by atoms with van der Waals surface area (Å²) in [5, 5.41) is 19.7. The van der Waals surface area contributed by atoms with Crippen LogP contribution in [-0.2, 0) is 9.53 Å². The monoisotopic (exact) mass is 347 g/mol. The molecule has 8 nitrogen and oxygen atoms in total. The number of carboxylic acid groups (broad SMARTS) is 1. The Morgan fingerprint density at radius 2 is 2.30 bits per heavy atom. The molecule has 0 aliphatic rings. The van der Waals surface area contributed by atoms with Crippen molar-refractivity contribution < 1.29 is 19.6 Å². The number of aromatic nitrogens is 1. The molecule has 0 atom stereocenters. The number of nitrogens with zero attached hydrogens (tertiary/aromatic N) is 3. The number of aliphatic carboxylic acids is 1. The van der Waals surface area contributed by atoms with Crippen molar-refractivity contribution in [3.05, 3.63) is 26.3 Å². The lowest BCUT2D eigenvalue weighted by Crippen LogP contribution is -2.33. The first-order valence-corrected chi connectivity index (χ1v) is 6.43.